The lowest BCUT2D eigenvalue weighted by Gasteiger charge is -2.21. The maximum absolute atomic E-state index is 13.8. The van der Waals surface area contributed by atoms with Gasteiger partial charge >= 0.3 is 23.2 Å². The molecular formula is C25H52N9O10P3. The molecular weight excluding hydrogens is 679 g/mol. The summed E-state index contributed by atoms with van der Waals surface area (Å²) in [5.41, 5.74) is 0. The molecule has 1 N–H and O–H groups in total. The third-order valence-electron chi connectivity index (χ3n) is 7.38. The molecule has 0 aromatic rings. The van der Waals surface area contributed by atoms with Crippen molar-refractivity contribution in [3.8, 4) is 0 Å². The molecule has 3 aliphatic rings. The Morgan fingerprint density at radius 3 is 1.04 bits per heavy atom. The Hall–Kier alpha value is -1.78. The van der Waals surface area contributed by atoms with E-state index in [2.05, 4.69) is 14.3 Å². The first kappa shape index (κ1) is 39.7. The van der Waals surface area contributed by atoms with Gasteiger partial charge < -0.3 is 34.5 Å². The lowest BCUT2D eigenvalue weighted by atomic mass is 10.5. The largest absolute Gasteiger partial charge is 0.457 e. The minimum atomic E-state index is -4.03. The first-order valence-corrected chi connectivity index (χ1v) is 20.0. The van der Waals surface area contributed by atoms with Gasteiger partial charge in [-0.1, -0.05) is 0 Å². The standard InChI is InChI=1S/C25H52N9O10P3/c1-29-11-12-30(2)23(29)26-45(36,39-7)40-19-9-20-43-47(38,28-25-33(5)15-16-34(25)6)44-22-10-21-42-46(37,41-18-8-17-35)27-24-31(3)13-14-32(24)4/h35H,8-22H2,1-7H3. The summed E-state index contributed by atoms with van der Waals surface area (Å²) in [6, 6.07) is 0. The third-order valence-corrected chi connectivity index (χ3v) is 11.7. The van der Waals surface area contributed by atoms with Crippen molar-refractivity contribution in [1.82, 2.24) is 29.4 Å². The average Bonchev–Trinajstić information content (AvgIpc) is 3.64. The first-order chi connectivity index (χ1) is 22.2. The van der Waals surface area contributed by atoms with Crippen LogP contribution in [0, 0.1) is 0 Å². The van der Waals surface area contributed by atoms with Crippen molar-refractivity contribution in [2.45, 2.75) is 19.3 Å². The van der Waals surface area contributed by atoms with Gasteiger partial charge in [0.05, 0.1) is 33.0 Å². The summed E-state index contributed by atoms with van der Waals surface area (Å²) in [4.78, 5) is 11.1. The van der Waals surface area contributed by atoms with Gasteiger partial charge in [0.25, 0.3) is 0 Å². The molecule has 19 nitrogen and oxygen atoms in total. The number of hydrogen-bond acceptors (Lipinski definition) is 10. The Kier molecular flexibility index (Phi) is 15.4. The number of nitrogens with zero attached hydrogens (tertiary/aromatic N) is 9. The second-order valence-corrected chi connectivity index (χ2v) is 16.3. The number of rotatable bonds is 20. The molecule has 0 aliphatic carbocycles. The minimum Gasteiger partial charge on any atom is -0.396 e. The molecule has 3 unspecified atom stereocenters. The van der Waals surface area contributed by atoms with E-state index in [4.69, 9.17) is 32.2 Å². The maximum atomic E-state index is 13.8. The van der Waals surface area contributed by atoms with Crippen LogP contribution in [0.25, 0.3) is 0 Å². The van der Waals surface area contributed by atoms with Crippen LogP contribution >= 0.6 is 23.2 Å². The quantitative estimate of drug-likeness (QED) is 0.141. The molecule has 3 aliphatic heterocycles. The molecule has 0 radical (unpaired) electrons. The van der Waals surface area contributed by atoms with Gasteiger partial charge in [-0.15, -0.1) is 14.3 Å². The van der Waals surface area contributed by atoms with Gasteiger partial charge in [0.1, 0.15) is 0 Å². The molecule has 0 aromatic carbocycles. The van der Waals surface area contributed by atoms with Crippen molar-refractivity contribution < 1.29 is 45.9 Å². The highest BCUT2D eigenvalue weighted by molar-refractivity contribution is 7.53. The van der Waals surface area contributed by atoms with Gasteiger partial charge in [-0.2, -0.15) is 0 Å². The summed E-state index contributed by atoms with van der Waals surface area (Å²) >= 11 is 0. The van der Waals surface area contributed by atoms with Crippen LogP contribution in [0.15, 0.2) is 14.3 Å². The van der Waals surface area contributed by atoms with Crippen molar-refractivity contribution in [1.29, 1.82) is 0 Å². The first-order valence-electron chi connectivity index (χ1n) is 15.5. The molecule has 3 atom stereocenters. The number of aliphatic hydroxyl groups is 1. The Morgan fingerprint density at radius 1 is 0.511 bits per heavy atom. The van der Waals surface area contributed by atoms with Gasteiger partial charge in [0.15, 0.2) is 0 Å². The van der Waals surface area contributed by atoms with Crippen molar-refractivity contribution >= 4 is 41.1 Å². The van der Waals surface area contributed by atoms with Gasteiger partial charge in [0.2, 0.25) is 17.9 Å². The van der Waals surface area contributed by atoms with Crippen molar-refractivity contribution in [2.75, 3.05) is 128 Å². The normalized spacial score (nSPS) is 21.1. The van der Waals surface area contributed by atoms with E-state index in [1.807, 2.05) is 71.7 Å². The third kappa shape index (κ3) is 11.9. The summed E-state index contributed by atoms with van der Waals surface area (Å²) in [6.07, 6.45) is 0.652. The number of guanidine groups is 3. The zero-order valence-corrected chi connectivity index (χ0v) is 31.3. The number of likely N-dealkylation sites (N-methyl/N-ethyl adjacent to an activating group) is 6. The lowest BCUT2D eigenvalue weighted by molar-refractivity contribution is 0.160. The van der Waals surface area contributed by atoms with E-state index in [0.29, 0.717) is 44.1 Å². The van der Waals surface area contributed by atoms with Crippen LogP contribution in [-0.4, -0.2) is 181 Å². The predicted octanol–water partition coefficient (Wildman–Crippen LogP) is 1.90. The van der Waals surface area contributed by atoms with Crippen LogP contribution in [0.4, 0.5) is 0 Å². The molecule has 0 bridgehead atoms. The van der Waals surface area contributed by atoms with Gasteiger partial charge in [0, 0.05) is 95.3 Å². The predicted molar refractivity (Wildman–Crippen MR) is 179 cm³/mol. The number of hydrogen-bond donors (Lipinski definition) is 1. The molecule has 0 amide bonds. The summed E-state index contributed by atoms with van der Waals surface area (Å²) in [5.74, 6) is 1.43. The van der Waals surface area contributed by atoms with E-state index in [1.54, 1.807) is 0 Å². The van der Waals surface area contributed by atoms with Crippen molar-refractivity contribution in [3.05, 3.63) is 0 Å². The highest BCUT2D eigenvalue weighted by atomic mass is 31.2. The molecule has 3 fully saturated rings. The van der Waals surface area contributed by atoms with Crippen LogP contribution in [0.3, 0.4) is 0 Å². The monoisotopic (exact) mass is 731 g/mol. The van der Waals surface area contributed by atoms with E-state index in [0.717, 1.165) is 13.1 Å². The minimum absolute atomic E-state index is 0.00121. The van der Waals surface area contributed by atoms with Gasteiger partial charge in [-0.3, -0.25) is 27.1 Å². The zero-order chi connectivity index (χ0) is 34.7. The lowest BCUT2D eigenvalue weighted by Crippen LogP contribution is -2.28. The van der Waals surface area contributed by atoms with Crippen LogP contribution in [0.5, 0.6) is 0 Å². The number of aliphatic hydroxyl groups excluding tert-OH is 1. The fourth-order valence-corrected chi connectivity index (χ4v) is 8.55. The van der Waals surface area contributed by atoms with Crippen LogP contribution in [0.2, 0.25) is 0 Å². The second kappa shape index (κ2) is 18.3. The molecule has 47 heavy (non-hydrogen) atoms. The van der Waals surface area contributed by atoms with Crippen LogP contribution in [-0.2, 0) is 40.8 Å². The average molecular weight is 732 g/mol. The van der Waals surface area contributed by atoms with E-state index in [1.165, 1.54) is 7.11 Å². The Morgan fingerprint density at radius 2 is 0.766 bits per heavy atom. The summed E-state index contributed by atoms with van der Waals surface area (Å²) < 4.78 is 86.2. The zero-order valence-electron chi connectivity index (χ0n) is 28.6. The topological polar surface area (TPSA) is 183 Å². The van der Waals surface area contributed by atoms with E-state index in [9.17, 15) is 13.7 Å². The van der Waals surface area contributed by atoms with E-state index < -0.39 is 23.2 Å². The molecule has 0 spiro atoms. The molecule has 3 heterocycles. The van der Waals surface area contributed by atoms with Crippen molar-refractivity contribution in [3.63, 3.8) is 0 Å². The van der Waals surface area contributed by atoms with Crippen molar-refractivity contribution in [2.24, 2.45) is 14.3 Å². The fraction of sp³-hybridized carbons (Fsp3) is 0.880. The molecule has 3 rings (SSSR count). The Balaban J connectivity index is 1.58. The van der Waals surface area contributed by atoms with Gasteiger partial charge in [-0.25, -0.2) is 13.7 Å². The second-order valence-electron chi connectivity index (χ2n) is 11.3. The molecule has 0 aromatic heterocycles. The molecule has 272 valence electrons. The van der Waals surface area contributed by atoms with E-state index >= 15 is 0 Å². The van der Waals surface area contributed by atoms with Crippen LogP contribution in [0.1, 0.15) is 19.3 Å². The smallest absolute Gasteiger partial charge is 0.396 e. The summed E-state index contributed by atoms with van der Waals surface area (Å²) in [7, 11) is 0.540. The highest BCUT2D eigenvalue weighted by Gasteiger charge is 2.33. The Bertz CT molecular complexity index is 1220. The fourth-order valence-electron chi connectivity index (χ4n) is 4.56. The highest BCUT2D eigenvalue weighted by Crippen LogP contribution is 2.53. The van der Waals surface area contributed by atoms with E-state index in [-0.39, 0.29) is 58.9 Å². The van der Waals surface area contributed by atoms with Gasteiger partial charge in [-0.05, 0) is 19.3 Å². The summed E-state index contributed by atoms with van der Waals surface area (Å²) in [5, 5.41) is 9.13. The molecule has 0 saturated carbocycles. The molecule has 3 saturated heterocycles. The Labute approximate surface area is 278 Å². The molecule has 22 heteroatoms. The SMILES string of the molecule is COP(=O)(N=C1N(C)CCN1C)OCCCOP(=O)(N=C1N(C)CCN1C)OCCCOP(=O)(N=C1N(C)CCN1C)OCCCO. The summed E-state index contributed by atoms with van der Waals surface area (Å²) in [6.45, 7) is 3.85. The van der Waals surface area contributed by atoms with Crippen LogP contribution < -0.4 is 0 Å². The maximum Gasteiger partial charge on any atom is 0.457 e.